The molecule has 1 heterocycles. The highest BCUT2D eigenvalue weighted by Crippen LogP contribution is 2.33. The molecule has 0 fully saturated rings. The lowest BCUT2D eigenvalue weighted by atomic mass is 10.2. The van der Waals surface area contributed by atoms with Crippen LogP contribution in [0.15, 0.2) is 59.0 Å². The normalized spacial score (nSPS) is 10.7. The van der Waals surface area contributed by atoms with Crippen LogP contribution < -0.4 is 20.1 Å². The molecule has 0 unspecified atom stereocenters. The van der Waals surface area contributed by atoms with Crippen molar-refractivity contribution in [1.82, 2.24) is 10.3 Å². The molecule has 1 amide bonds. The van der Waals surface area contributed by atoms with Crippen molar-refractivity contribution in [3.63, 3.8) is 0 Å². The largest absolute Gasteiger partial charge is 0.493 e. The predicted octanol–water partition coefficient (Wildman–Crippen LogP) is 5.95. The second-order valence-electron chi connectivity index (χ2n) is 6.78. The third-order valence-corrected chi connectivity index (χ3v) is 5.72. The molecule has 0 radical (unpaired) electrons. The standard InChI is InChI=1S/C23H17Cl2N3O4S/c1-30-18-8-6-12(10-19(18)31-2)22-27-16-11-13(7-9-17(16)32-22)26-23(33)28-21(29)14-4-3-5-15(24)20(14)25/h3-11H,1-2H3,(H2,26,28,29,33). The summed E-state index contributed by atoms with van der Waals surface area (Å²) in [5.74, 6) is 1.13. The number of nitrogens with one attached hydrogen (secondary N) is 2. The van der Waals surface area contributed by atoms with E-state index in [1.54, 1.807) is 62.8 Å². The summed E-state index contributed by atoms with van der Waals surface area (Å²) >= 11 is 17.3. The third kappa shape index (κ3) is 4.88. The monoisotopic (exact) mass is 501 g/mol. The highest BCUT2D eigenvalue weighted by molar-refractivity contribution is 7.80. The molecule has 168 valence electrons. The molecule has 0 atom stereocenters. The minimum Gasteiger partial charge on any atom is -0.493 e. The maximum absolute atomic E-state index is 12.5. The molecule has 0 aliphatic carbocycles. The van der Waals surface area contributed by atoms with Gasteiger partial charge in [0.1, 0.15) is 5.52 Å². The topological polar surface area (TPSA) is 85.6 Å². The van der Waals surface area contributed by atoms with Crippen molar-refractivity contribution in [2.75, 3.05) is 19.5 Å². The van der Waals surface area contributed by atoms with Gasteiger partial charge in [0.15, 0.2) is 22.2 Å². The van der Waals surface area contributed by atoms with Gasteiger partial charge in [-0.1, -0.05) is 29.3 Å². The number of thiocarbonyl (C=S) groups is 1. The van der Waals surface area contributed by atoms with Gasteiger partial charge < -0.3 is 19.2 Å². The van der Waals surface area contributed by atoms with Crippen LogP contribution in [0.25, 0.3) is 22.6 Å². The van der Waals surface area contributed by atoms with Gasteiger partial charge in [-0.2, -0.15) is 0 Å². The van der Waals surface area contributed by atoms with E-state index in [4.69, 9.17) is 49.3 Å². The number of aromatic nitrogens is 1. The van der Waals surface area contributed by atoms with Gasteiger partial charge in [-0.05, 0) is 60.7 Å². The molecule has 7 nitrogen and oxygen atoms in total. The summed E-state index contributed by atoms with van der Waals surface area (Å²) in [6.07, 6.45) is 0. The minimum atomic E-state index is -0.474. The van der Waals surface area contributed by atoms with Gasteiger partial charge in [-0.25, -0.2) is 4.98 Å². The molecule has 0 aliphatic rings. The van der Waals surface area contributed by atoms with E-state index in [1.807, 2.05) is 6.07 Å². The predicted molar refractivity (Wildman–Crippen MR) is 133 cm³/mol. The lowest BCUT2D eigenvalue weighted by Crippen LogP contribution is -2.34. The van der Waals surface area contributed by atoms with E-state index in [2.05, 4.69) is 15.6 Å². The molecule has 10 heteroatoms. The van der Waals surface area contributed by atoms with Gasteiger partial charge in [-0.3, -0.25) is 10.1 Å². The van der Waals surface area contributed by atoms with Gasteiger partial charge in [0.2, 0.25) is 5.89 Å². The van der Waals surface area contributed by atoms with Gasteiger partial charge in [0.05, 0.1) is 29.8 Å². The Labute approximate surface area is 204 Å². The molecular weight excluding hydrogens is 485 g/mol. The molecule has 0 saturated heterocycles. The number of fused-ring (bicyclic) bond motifs is 1. The van der Waals surface area contributed by atoms with Crippen LogP contribution in [0.1, 0.15) is 10.4 Å². The Morgan fingerprint density at radius 2 is 1.82 bits per heavy atom. The van der Waals surface area contributed by atoms with E-state index in [0.717, 1.165) is 5.56 Å². The Hall–Kier alpha value is -3.33. The second kappa shape index (κ2) is 9.66. The Kier molecular flexibility index (Phi) is 6.69. The zero-order chi connectivity index (χ0) is 23.5. The van der Waals surface area contributed by atoms with Crippen LogP contribution in [-0.4, -0.2) is 30.2 Å². The van der Waals surface area contributed by atoms with Gasteiger partial charge >= 0.3 is 0 Å². The van der Waals surface area contributed by atoms with Crippen molar-refractivity contribution in [2.45, 2.75) is 0 Å². The lowest BCUT2D eigenvalue weighted by Gasteiger charge is -2.10. The number of oxazole rings is 1. The summed E-state index contributed by atoms with van der Waals surface area (Å²) in [7, 11) is 3.13. The summed E-state index contributed by atoms with van der Waals surface area (Å²) in [5.41, 5.74) is 2.78. The first-order chi connectivity index (χ1) is 15.9. The van der Waals surface area contributed by atoms with Crippen LogP contribution in [0.4, 0.5) is 5.69 Å². The summed E-state index contributed by atoms with van der Waals surface area (Å²) in [5, 5.41) is 6.08. The lowest BCUT2D eigenvalue weighted by molar-refractivity contribution is 0.0978. The van der Waals surface area contributed by atoms with Crippen LogP contribution in [-0.2, 0) is 0 Å². The number of rotatable bonds is 5. The Bertz CT molecular complexity index is 1370. The molecule has 3 aromatic carbocycles. The SMILES string of the molecule is COc1ccc(-c2nc3cc(NC(=S)NC(=O)c4cccc(Cl)c4Cl)ccc3o2)cc1OC. The summed E-state index contributed by atoms with van der Waals surface area (Å²) in [6.45, 7) is 0. The van der Waals surface area contributed by atoms with Crippen molar-refractivity contribution in [1.29, 1.82) is 0 Å². The van der Waals surface area contributed by atoms with E-state index < -0.39 is 5.91 Å². The number of anilines is 1. The number of hydrogen-bond donors (Lipinski definition) is 2. The van der Waals surface area contributed by atoms with Crippen LogP contribution >= 0.6 is 35.4 Å². The number of nitrogens with zero attached hydrogens (tertiary/aromatic N) is 1. The van der Waals surface area contributed by atoms with Crippen LogP contribution in [0.2, 0.25) is 10.0 Å². The Morgan fingerprint density at radius 3 is 2.58 bits per heavy atom. The van der Waals surface area contributed by atoms with E-state index >= 15 is 0 Å². The number of benzene rings is 3. The van der Waals surface area contributed by atoms with E-state index in [1.165, 1.54) is 0 Å². The van der Waals surface area contributed by atoms with Crippen LogP contribution in [0.5, 0.6) is 11.5 Å². The second-order valence-corrected chi connectivity index (χ2v) is 7.97. The number of carbonyl (C=O) groups is 1. The van der Waals surface area contributed by atoms with Crippen molar-refractivity contribution in [3.8, 4) is 23.0 Å². The zero-order valence-corrected chi connectivity index (χ0v) is 19.8. The molecule has 0 spiro atoms. The molecule has 0 bridgehead atoms. The third-order valence-electron chi connectivity index (χ3n) is 4.70. The van der Waals surface area contributed by atoms with Crippen LogP contribution in [0, 0.1) is 0 Å². The molecular formula is C23H17Cl2N3O4S. The molecule has 4 rings (SSSR count). The number of hydrogen-bond acceptors (Lipinski definition) is 6. The number of carbonyl (C=O) groups excluding carboxylic acids is 1. The van der Waals surface area contributed by atoms with Gasteiger partial charge in [0.25, 0.3) is 5.91 Å². The molecule has 0 saturated carbocycles. The minimum absolute atomic E-state index is 0.0963. The Balaban J connectivity index is 1.51. The summed E-state index contributed by atoms with van der Waals surface area (Å²) in [4.78, 5) is 17.0. The van der Waals surface area contributed by atoms with Crippen molar-refractivity contribution in [2.24, 2.45) is 0 Å². The average Bonchev–Trinajstić information content (AvgIpc) is 3.23. The Morgan fingerprint density at radius 1 is 1.03 bits per heavy atom. The first-order valence-electron chi connectivity index (χ1n) is 9.59. The van der Waals surface area contributed by atoms with Gasteiger partial charge in [-0.15, -0.1) is 0 Å². The fourth-order valence-corrected chi connectivity index (χ4v) is 3.71. The van der Waals surface area contributed by atoms with Crippen molar-refractivity contribution >= 4 is 63.2 Å². The van der Waals surface area contributed by atoms with Crippen molar-refractivity contribution in [3.05, 3.63) is 70.2 Å². The van der Waals surface area contributed by atoms with Gasteiger partial charge in [0, 0.05) is 11.3 Å². The van der Waals surface area contributed by atoms with E-state index in [0.29, 0.717) is 34.2 Å². The average molecular weight is 502 g/mol. The van der Waals surface area contributed by atoms with Crippen LogP contribution in [0.3, 0.4) is 0 Å². The highest BCUT2D eigenvalue weighted by Gasteiger charge is 2.15. The number of halogens is 2. The maximum Gasteiger partial charge on any atom is 0.258 e. The maximum atomic E-state index is 12.5. The van der Waals surface area contributed by atoms with E-state index in [-0.39, 0.29) is 20.7 Å². The number of ether oxygens (including phenoxy) is 2. The molecule has 2 N–H and O–H groups in total. The number of methoxy groups -OCH3 is 2. The smallest absolute Gasteiger partial charge is 0.258 e. The highest BCUT2D eigenvalue weighted by atomic mass is 35.5. The summed E-state index contributed by atoms with van der Waals surface area (Å²) in [6, 6.07) is 15.5. The zero-order valence-electron chi connectivity index (χ0n) is 17.4. The summed E-state index contributed by atoms with van der Waals surface area (Å²) < 4.78 is 16.5. The fourth-order valence-electron chi connectivity index (χ4n) is 3.11. The molecule has 0 aliphatic heterocycles. The number of amides is 1. The van der Waals surface area contributed by atoms with E-state index in [9.17, 15) is 4.79 Å². The molecule has 4 aromatic rings. The first kappa shape index (κ1) is 22.8. The molecule has 1 aromatic heterocycles. The first-order valence-corrected chi connectivity index (χ1v) is 10.8. The fraction of sp³-hybridized carbons (Fsp3) is 0.0870. The van der Waals surface area contributed by atoms with Crippen molar-refractivity contribution < 1.29 is 18.7 Å². The quantitative estimate of drug-likeness (QED) is 0.327. The molecule has 33 heavy (non-hydrogen) atoms.